The summed E-state index contributed by atoms with van der Waals surface area (Å²) in [4.78, 5) is 5.40. The summed E-state index contributed by atoms with van der Waals surface area (Å²) in [5, 5.41) is 9.20. The van der Waals surface area contributed by atoms with Crippen molar-refractivity contribution in [1.82, 2.24) is 14.6 Å². The van der Waals surface area contributed by atoms with Crippen LogP contribution in [0.3, 0.4) is 0 Å². The molecule has 2 aromatic carbocycles. The number of aromatic nitrogens is 3. The Morgan fingerprint density at radius 3 is 2.46 bits per heavy atom. The van der Waals surface area contributed by atoms with E-state index < -0.39 is 9.84 Å². The number of hydrogen-bond acceptors (Lipinski definition) is 6. The van der Waals surface area contributed by atoms with Crippen LogP contribution in [0.1, 0.15) is 5.56 Å². The molecule has 1 N–H and O–H groups in total. The lowest BCUT2D eigenvalue weighted by atomic mass is 10.1. The highest BCUT2D eigenvalue weighted by Gasteiger charge is 2.10. The van der Waals surface area contributed by atoms with Gasteiger partial charge >= 0.3 is 0 Å². The van der Waals surface area contributed by atoms with Crippen molar-refractivity contribution < 1.29 is 8.42 Å². The monoisotopic (exact) mass is 432 g/mol. The summed E-state index contributed by atoms with van der Waals surface area (Å²) in [6.45, 7) is 0. The molecule has 0 spiro atoms. The van der Waals surface area contributed by atoms with Gasteiger partial charge in [0.15, 0.2) is 0 Å². The fourth-order valence-corrected chi connectivity index (χ4v) is 4.23. The Morgan fingerprint density at radius 1 is 1.11 bits per heavy atom. The lowest BCUT2D eigenvalue weighted by Gasteiger charge is -2.04. The summed E-state index contributed by atoms with van der Waals surface area (Å²) in [5.74, 6) is 0.152. The Kier molecular flexibility index (Phi) is 5.09. The lowest BCUT2D eigenvalue weighted by Crippen LogP contribution is -2.05. The fourth-order valence-electron chi connectivity index (χ4n) is 2.69. The SMILES string of the molecule is CS(=O)(=O)CCc1ccc(Nc2nn3cc(-c4ccc(Cl)cc4)nc3s2)cc1. The standard InChI is InChI=1S/C19H17ClN4O2S2/c1-28(25,26)11-10-13-2-8-16(9-3-13)21-18-23-24-12-17(22-19(24)27-18)14-4-6-15(20)7-5-14/h2-9,12H,10-11H2,1H3,(H,21,23). The largest absolute Gasteiger partial charge is 0.330 e. The van der Waals surface area contributed by atoms with Crippen molar-refractivity contribution in [3.8, 4) is 11.3 Å². The molecule has 0 aliphatic heterocycles. The summed E-state index contributed by atoms with van der Waals surface area (Å²) >= 11 is 7.38. The van der Waals surface area contributed by atoms with Gasteiger partial charge in [0.1, 0.15) is 9.84 Å². The van der Waals surface area contributed by atoms with Crippen molar-refractivity contribution in [3.05, 3.63) is 65.3 Å². The predicted molar refractivity (Wildman–Crippen MR) is 114 cm³/mol. The second kappa shape index (κ2) is 7.54. The molecule has 0 aliphatic carbocycles. The number of nitrogens with one attached hydrogen (secondary N) is 1. The summed E-state index contributed by atoms with van der Waals surface area (Å²) in [6, 6.07) is 15.2. The van der Waals surface area contributed by atoms with Gasteiger partial charge in [-0.1, -0.05) is 47.2 Å². The number of benzene rings is 2. The van der Waals surface area contributed by atoms with Gasteiger partial charge in [-0.15, -0.1) is 5.10 Å². The van der Waals surface area contributed by atoms with Gasteiger partial charge in [0.25, 0.3) is 0 Å². The van der Waals surface area contributed by atoms with Crippen LogP contribution in [0.5, 0.6) is 0 Å². The van der Waals surface area contributed by atoms with E-state index in [0.29, 0.717) is 11.4 Å². The van der Waals surface area contributed by atoms with Gasteiger partial charge < -0.3 is 5.32 Å². The number of halogens is 1. The van der Waals surface area contributed by atoms with Crippen LogP contribution in [0.4, 0.5) is 10.8 Å². The van der Waals surface area contributed by atoms with E-state index in [1.54, 1.807) is 4.52 Å². The Labute approximate surface area is 171 Å². The average molecular weight is 433 g/mol. The minimum absolute atomic E-state index is 0.152. The van der Waals surface area contributed by atoms with Crippen LogP contribution in [0.15, 0.2) is 54.7 Å². The number of hydrogen-bond donors (Lipinski definition) is 1. The number of imidazole rings is 1. The first kappa shape index (κ1) is 18.9. The molecule has 4 aromatic rings. The van der Waals surface area contributed by atoms with Gasteiger partial charge in [-0.05, 0) is 36.2 Å². The second-order valence-corrected chi connectivity index (χ2v) is 10.1. The minimum Gasteiger partial charge on any atom is -0.330 e. The van der Waals surface area contributed by atoms with E-state index in [4.69, 9.17) is 11.6 Å². The van der Waals surface area contributed by atoms with Crippen molar-refractivity contribution in [2.24, 2.45) is 0 Å². The second-order valence-electron chi connectivity index (χ2n) is 6.47. The van der Waals surface area contributed by atoms with Gasteiger partial charge in [-0.3, -0.25) is 0 Å². The molecule has 0 unspecified atom stereocenters. The van der Waals surface area contributed by atoms with Crippen LogP contribution in [-0.2, 0) is 16.3 Å². The molecule has 4 rings (SSSR count). The first-order valence-corrected chi connectivity index (χ1v) is 11.8. The molecular weight excluding hydrogens is 416 g/mol. The molecule has 2 aromatic heterocycles. The van der Waals surface area contributed by atoms with E-state index in [2.05, 4.69) is 15.4 Å². The van der Waals surface area contributed by atoms with Crippen molar-refractivity contribution in [2.75, 3.05) is 17.3 Å². The van der Waals surface area contributed by atoms with Gasteiger partial charge in [-0.25, -0.2) is 17.9 Å². The lowest BCUT2D eigenvalue weighted by molar-refractivity contribution is 0.601. The maximum Gasteiger partial charge on any atom is 0.214 e. The molecule has 0 radical (unpaired) electrons. The molecule has 0 saturated heterocycles. The molecule has 0 atom stereocenters. The highest BCUT2D eigenvalue weighted by atomic mass is 35.5. The maximum atomic E-state index is 11.3. The zero-order valence-corrected chi connectivity index (χ0v) is 17.4. The molecular formula is C19H17ClN4O2S2. The third kappa shape index (κ3) is 4.52. The van der Waals surface area contributed by atoms with Crippen LogP contribution in [0, 0.1) is 0 Å². The molecule has 0 bridgehead atoms. The first-order chi connectivity index (χ1) is 13.4. The first-order valence-electron chi connectivity index (χ1n) is 8.52. The molecule has 9 heteroatoms. The topological polar surface area (TPSA) is 76.4 Å². The maximum absolute atomic E-state index is 11.3. The van der Waals surface area contributed by atoms with Crippen LogP contribution in [0.25, 0.3) is 16.2 Å². The Balaban J connectivity index is 1.46. The van der Waals surface area contributed by atoms with E-state index in [9.17, 15) is 8.42 Å². The number of fused-ring (bicyclic) bond motifs is 1. The molecule has 2 heterocycles. The van der Waals surface area contributed by atoms with Gasteiger partial charge in [0.2, 0.25) is 10.1 Å². The average Bonchev–Trinajstić information content (AvgIpc) is 3.20. The smallest absolute Gasteiger partial charge is 0.214 e. The molecule has 144 valence electrons. The van der Waals surface area contributed by atoms with E-state index in [1.807, 2.05) is 54.7 Å². The highest BCUT2D eigenvalue weighted by molar-refractivity contribution is 7.90. The Bertz CT molecular complexity index is 1180. The summed E-state index contributed by atoms with van der Waals surface area (Å²) in [6.07, 6.45) is 3.65. The molecule has 0 saturated carbocycles. The van der Waals surface area contributed by atoms with Crippen LogP contribution in [-0.4, -0.2) is 35.0 Å². The Morgan fingerprint density at radius 2 is 1.82 bits per heavy atom. The number of nitrogens with zero attached hydrogens (tertiary/aromatic N) is 3. The van der Waals surface area contributed by atoms with Crippen molar-refractivity contribution >= 4 is 48.6 Å². The summed E-state index contributed by atoms with van der Waals surface area (Å²) < 4.78 is 24.3. The third-order valence-corrected chi connectivity index (χ3v) is 6.19. The normalized spacial score (nSPS) is 11.8. The van der Waals surface area contributed by atoms with Crippen molar-refractivity contribution in [2.45, 2.75) is 6.42 Å². The van der Waals surface area contributed by atoms with Gasteiger partial charge in [-0.2, -0.15) is 0 Å². The van der Waals surface area contributed by atoms with Crippen LogP contribution in [0.2, 0.25) is 5.02 Å². The summed E-state index contributed by atoms with van der Waals surface area (Å²) in [5.41, 5.74) is 3.70. The molecule has 0 aliphatic rings. The van der Waals surface area contributed by atoms with Gasteiger partial charge in [0.05, 0.1) is 17.6 Å². The van der Waals surface area contributed by atoms with Crippen LogP contribution < -0.4 is 5.32 Å². The van der Waals surface area contributed by atoms with E-state index in [1.165, 1.54) is 17.6 Å². The van der Waals surface area contributed by atoms with E-state index in [-0.39, 0.29) is 5.75 Å². The number of sulfone groups is 1. The quantitative estimate of drug-likeness (QED) is 0.487. The van der Waals surface area contributed by atoms with Crippen molar-refractivity contribution in [1.29, 1.82) is 0 Å². The molecule has 0 amide bonds. The molecule has 6 nitrogen and oxygen atoms in total. The van der Waals surface area contributed by atoms with Crippen LogP contribution >= 0.6 is 22.9 Å². The van der Waals surface area contributed by atoms with Gasteiger partial charge in [0, 0.05) is 22.5 Å². The number of anilines is 2. The molecule has 28 heavy (non-hydrogen) atoms. The summed E-state index contributed by atoms with van der Waals surface area (Å²) in [7, 11) is -2.96. The van der Waals surface area contributed by atoms with E-state index >= 15 is 0 Å². The third-order valence-electron chi connectivity index (χ3n) is 4.15. The minimum atomic E-state index is -2.96. The number of aryl methyl sites for hydroxylation is 1. The molecule has 0 fully saturated rings. The van der Waals surface area contributed by atoms with Crippen molar-refractivity contribution in [3.63, 3.8) is 0 Å². The van der Waals surface area contributed by atoms with E-state index in [0.717, 1.165) is 32.6 Å². The Hall–Kier alpha value is -2.42. The highest BCUT2D eigenvalue weighted by Crippen LogP contribution is 2.27. The zero-order chi connectivity index (χ0) is 19.7. The predicted octanol–water partition coefficient (Wildman–Crippen LogP) is 4.44. The fraction of sp³-hybridized carbons (Fsp3) is 0.158. The zero-order valence-electron chi connectivity index (χ0n) is 15.0. The number of rotatable bonds is 6.